The summed E-state index contributed by atoms with van der Waals surface area (Å²) in [5, 5.41) is 0.892. The predicted octanol–water partition coefficient (Wildman–Crippen LogP) is 2.92. The Balaban J connectivity index is 2.20. The third-order valence-electron chi connectivity index (χ3n) is 2.67. The molecule has 0 spiro atoms. The van der Waals surface area contributed by atoms with Gasteiger partial charge in [-0.1, -0.05) is 18.1 Å². The number of benzene rings is 1. The molecule has 3 rings (SSSR count). The second-order valence-electron chi connectivity index (χ2n) is 3.81. The molecular formula is C14H9N3S. The van der Waals surface area contributed by atoms with E-state index in [2.05, 4.69) is 15.9 Å². The number of nitrogen functional groups attached to an aromatic ring is 1. The van der Waals surface area contributed by atoms with Crippen LogP contribution in [-0.4, -0.2) is 9.97 Å². The van der Waals surface area contributed by atoms with E-state index in [4.69, 9.17) is 12.2 Å². The molecule has 0 fully saturated rings. The number of fused-ring (bicyclic) bond motifs is 1. The Morgan fingerprint density at radius 1 is 1.22 bits per heavy atom. The van der Waals surface area contributed by atoms with E-state index in [-0.39, 0.29) is 0 Å². The smallest absolute Gasteiger partial charge is 0.135 e. The number of terminal acetylenes is 1. The highest BCUT2D eigenvalue weighted by molar-refractivity contribution is 7.21. The van der Waals surface area contributed by atoms with Crippen molar-refractivity contribution in [3.8, 4) is 22.8 Å². The van der Waals surface area contributed by atoms with Crippen molar-refractivity contribution in [2.75, 3.05) is 5.73 Å². The number of nitrogens with two attached hydrogens (primary N) is 1. The summed E-state index contributed by atoms with van der Waals surface area (Å²) in [4.78, 5) is 10.2. The molecule has 0 aliphatic carbocycles. The van der Waals surface area contributed by atoms with Crippen LogP contribution in [0.5, 0.6) is 0 Å². The molecule has 0 amide bonds. The van der Waals surface area contributed by atoms with E-state index in [1.54, 1.807) is 11.3 Å². The zero-order valence-corrected chi connectivity index (χ0v) is 10.2. The van der Waals surface area contributed by atoms with Crippen molar-refractivity contribution in [2.45, 2.75) is 0 Å². The number of rotatable bonds is 1. The zero-order chi connectivity index (χ0) is 12.5. The van der Waals surface area contributed by atoms with Gasteiger partial charge < -0.3 is 5.73 Å². The number of nitrogens with zero attached hydrogens (tertiary/aromatic N) is 2. The number of thiophene rings is 1. The first-order valence-electron chi connectivity index (χ1n) is 5.35. The van der Waals surface area contributed by atoms with Crippen molar-refractivity contribution < 1.29 is 0 Å². The van der Waals surface area contributed by atoms with E-state index in [1.807, 2.05) is 30.3 Å². The average Bonchev–Trinajstić information content (AvgIpc) is 2.84. The lowest BCUT2D eigenvalue weighted by Crippen LogP contribution is -1.89. The fourth-order valence-electron chi connectivity index (χ4n) is 1.78. The minimum absolute atomic E-state index is 0.510. The van der Waals surface area contributed by atoms with E-state index in [0.717, 1.165) is 26.2 Å². The Bertz CT molecular complexity index is 768. The number of aromatic nitrogens is 2. The first-order chi connectivity index (χ1) is 8.78. The van der Waals surface area contributed by atoms with Crippen molar-refractivity contribution in [2.24, 2.45) is 0 Å². The molecule has 2 N–H and O–H groups in total. The Hall–Kier alpha value is -2.38. The summed E-state index contributed by atoms with van der Waals surface area (Å²) in [5.74, 6) is 3.14. The molecule has 0 aliphatic rings. The van der Waals surface area contributed by atoms with Gasteiger partial charge in [-0.2, -0.15) is 0 Å². The summed E-state index contributed by atoms with van der Waals surface area (Å²) in [6.07, 6.45) is 6.89. The Morgan fingerprint density at radius 2 is 2.11 bits per heavy atom. The van der Waals surface area contributed by atoms with Crippen LogP contribution in [0.4, 0.5) is 5.82 Å². The molecule has 4 heteroatoms. The van der Waals surface area contributed by atoms with Gasteiger partial charge in [-0.25, -0.2) is 9.97 Å². The summed E-state index contributed by atoms with van der Waals surface area (Å²) in [5.41, 5.74) is 7.77. The van der Waals surface area contributed by atoms with Crippen LogP contribution in [0.15, 0.2) is 36.7 Å². The molecule has 0 radical (unpaired) electrons. The Labute approximate surface area is 108 Å². The summed E-state index contributed by atoms with van der Waals surface area (Å²) in [6.45, 7) is 0. The molecule has 0 unspecified atom stereocenters. The van der Waals surface area contributed by atoms with Gasteiger partial charge in [-0.15, -0.1) is 17.8 Å². The van der Waals surface area contributed by atoms with E-state index in [9.17, 15) is 0 Å². The fraction of sp³-hybridized carbons (Fsp3) is 0. The molecule has 0 aliphatic heterocycles. The maximum absolute atomic E-state index is 5.83. The summed E-state index contributed by atoms with van der Waals surface area (Å²) >= 11 is 1.58. The maximum atomic E-state index is 5.83. The lowest BCUT2D eigenvalue weighted by molar-refractivity contribution is 1.24. The first kappa shape index (κ1) is 10.8. The zero-order valence-electron chi connectivity index (χ0n) is 9.42. The normalized spacial score (nSPS) is 10.4. The highest BCUT2D eigenvalue weighted by atomic mass is 32.1. The summed E-state index contributed by atoms with van der Waals surface area (Å²) in [6, 6.07) is 9.86. The van der Waals surface area contributed by atoms with Crippen LogP contribution < -0.4 is 5.73 Å². The Morgan fingerprint density at radius 3 is 2.89 bits per heavy atom. The molecule has 3 nitrogen and oxygen atoms in total. The van der Waals surface area contributed by atoms with Crippen LogP contribution in [0.2, 0.25) is 0 Å². The number of anilines is 1. The van der Waals surface area contributed by atoms with Crippen LogP contribution in [-0.2, 0) is 0 Å². The first-order valence-corrected chi connectivity index (χ1v) is 6.16. The standard InChI is InChI=1S/C14H9N3S/c1-2-9-4-3-5-10(6-9)12-7-11-13(15)16-8-17-14(11)18-12/h1,3-8H,(H2,15,16,17). The highest BCUT2D eigenvalue weighted by Crippen LogP contribution is 2.34. The lowest BCUT2D eigenvalue weighted by atomic mass is 10.1. The SMILES string of the molecule is C#Cc1cccc(-c2cc3c(N)ncnc3s2)c1. The van der Waals surface area contributed by atoms with Gasteiger partial charge in [-0.05, 0) is 23.8 Å². The van der Waals surface area contributed by atoms with Gasteiger partial charge in [0.1, 0.15) is 17.0 Å². The van der Waals surface area contributed by atoms with E-state index >= 15 is 0 Å². The Kier molecular flexibility index (Phi) is 2.47. The van der Waals surface area contributed by atoms with Gasteiger partial charge in [0.25, 0.3) is 0 Å². The number of hydrogen-bond acceptors (Lipinski definition) is 4. The van der Waals surface area contributed by atoms with Crippen LogP contribution in [0.1, 0.15) is 5.56 Å². The molecular weight excluding hydrogens is 242 g/mol. The highest BCUT2D eigenvalue weighted by Gasteiger charge is 2.08. The minimum atomic E-state index is 0.510. The molecule has 2 aromatic heterocycles. The van der Waals surface area contributed by atoms with Crippen molar-refractivity contribution >= 4 is 27.4 Å². The van der Waals surface area contributed by atoms with E-state index < -0.39 is 0 Å². The third kappa shape index (κ3) is 1.71. The average molecular weight is 251 g/mol. The van der Waals surface area contributed by atoms with Gasteiger partial charge >= 0.3 is 0 Å². The second-order valence-corrected chi connectivity index (χ2v) is 4.84. The number of hydrogen-bond donors (Lipinski definition) is 1. The van der Waals surface area contributed by atoms with E-state index in [1.165, 1.54) is 6.33 Å². The molecule has 0 saturated heterocycles. The monoisotopic (exact) mass is 251 g/mol. The van der Waals surface area contributed by atoms with E-state index in [0.29, 0.717) is 5.82 Å². The van der Waals surface area contributed by atoms with Crippen LogP contribution in [0, 0.1) is 12.3 Å². The predicted molar refractivity (Wildman–Crippen MR) is 75.2 cm³/mol. The molecule has 0 bridgehead atoms. The van der Waals surface area contributed by atoms with Crippen molar-refractivity contribution in [1.29, 1.82) is 0 Å². The van der Waals surface area contributed by atoms with Gasteiger partial charge in [-0.3, -0.25) is 0 Å². The molecule has 0 atom stereocenters. The summed E-state index contributed by atoms with van der Waals surface area (Å²) < 4.78 is 0. The maximum Gasteiger partial charge on any atom is 0.135 e. The molecule has 18 heavy (non-hydrogen) atoms. The lowest BCUT2D eigenvalue weighted by Gasteiger charge is -1.97. The molecule has 2 heterocycles. The quantitative estimate of drug-likeness (QED) is 0.676. The molecule has 3 aromatic rings. The fourth-order valence-corrected chi connectivity index (χ4v) is 2.78. The summed E-state index contributed by atoms with van der Waals surface area (Å²) in [7, 11) is 0. The largest absolute Gasteiger partial charge is 0.383 e. The topological polar surface area (TPSA) is 51.8 Å². The van der Waals surface area contributed by atoms with Crippen LogP contribution >= 0.6 is 11.3 Å². The van der Waals surface area contributed by atoms with Crippen molar-refractivity contribution in [3.63, 3.8) is 0 Å². The van der Waals surface area contributed by atoms with Crippen molar-refractivity contribution in [1.82, 2.24) is 9.97 Å². The van der Waals surface area contributed by atoms with Gasteiger partial charge in [0.05, 0.1) is 5.39 Å². The minimum Gasteiger partial charge on any atom is -0.383 e. The van der Waals surface area contributed by atoms with Crippen molar-refractivity contribution in [3.05, 3.63) is 42.2 Å². The third-order valence-corrected chi connectivity index (χ3v) is 3.77. The van der Waals surface area contributed by atoms with Crippen LogP contribution in [0.25, 0.3) is 20.7 Å². The second kappa shape index (κ2) is 4.13. The molecule has 0 saturated carbocycles. The van der Waals surface area contributed by atoms with Gasteiger partial charge in [0.15, 0.2) is 0 Å². The molecule has 1 aromatic carbocycles. The van der Waals surface area contributed by atoms with Gasteiger partial charge in [0, 0.05) is 10.4 Å². The molecule has 86 valence electrons. The van der Waals surface area contributed by atoms with Crippen LogP contribution in [0.3, 0.4) is 0 Å². The van der Waals surface area contributed by atoms with Gasteiger partial charge in [0.2, 0.25) is 0 Å².